The van der Waals surface area contributed by atoms with Crippen molar-refractivity contribution in [1.82, 2.24) is 9.36 Å². The van der Waals surface area contributed by atoms with Crippen molar-refractivity contribution in [2.75, 3.05) is 0 Å². The fourth-order valence-corrected chi connectivity index (χ4v) is 2.79. The molecule has 0 unspecified atom stereocenters. The molecule has 0 bridgehead atoms. The second kappa shape index (κ2) is 5.23. The van der Waals surface area contributed by atoms with E-state index in [0.717, 1.165) is 0 Å². The molecule has 92 valence electrons. The van der Waals surface area contributed by atoms with E-state index in [1.165, 1.54) is 48.7 Å². The average molecular weight is 281 g/mol. The topological polar surface area (TPSA) is 86.0 Å². The Hall–Kier alpha value is -1.80. The number of hydrogen-bond acceptors (Lipinski definition) is 7. The second-order valence-corrected chi connectivity index (χ2v) is 5.40. The monoisotopic (exact) mass is 281 g/mol. The van der Waals surface area contributed by atoms with Gasteiger partial charge < -0.3 is 0 Å². The quantitative estimate of drug-likeness (QED) is 0.486. The van der Waals surface area contributed by atoms with Crippen LogP contribution in [0, 0.1) is 10.1 Å². The van der Waals surface area contributed by atoms with Crippen molar-refractivity contribution in [3.05, 3.63) is 40.2 Å². The summed E-state index contributed by atoms with van der Waals surface area (Å²) in [5, 5.41) is 10.9. The highest BCUT2D eigenvalue weighted by Gasteiger charge is 2.18. The molecule has 0 radical (unpaired) electrons. The molecule has 18 heavy (non-hydrogen) atoms. The number of carbonyl (C=O) groups excluding carboxylic acids is 1. The van der Waals surface area contributed by atoms with Crippen LogP contribution in [0.1, 0.15) is 17.3 Å². The minimum Gasteiger partial charge on any atom is -0.294 e. The summed E-state index contributed by atoms with van der Waals surface area (Å²) in [7, 11) is 0. The van der Waals surface area contributed by atoms with Crippen molar-refractivity contribution < 1.29 is 9.72 Å². The van der Waals surface area contributed by atoms with Gasteiger partial charge in [0.2, 0.25) is 0 Å². The van der Waals surface area contributed by atoms with Crippen LogP contribution in [0.25, 0.3) is 0 Å². The summed E-state index contributed by atoms with van der Waals surface area (Å²) in [5.74, 6) is -0.325. The minimum absolute atomic E-state index is 0.113. The van der Waals surface area contributed by atoms with Crippen LogP contribution >= 0.6 is 23.3 Å². The van der Waals surface area contributed by atoms with E-state index in [1.54, 1.807) is 6.07 Å². The molecule has 0 N–H and O–H groups in total. The van der Waals surface area contributed by atoms with Crippen LogP contribution in [-0.4, -0.2) is 20.1 Å². The maximum absolute atomic E-state index is 11.3. The molecular formula is C10H7N3O3S2. The number of benzene rings is 1. The first-order valence-electron chi connectivity index (χ1n) is 4.82. The molecule has 2 aromatic rings. The smallest absolute Gasteiger partial charge is 0.281 e. The molecule has 0 aliphatic rings. The van der Waals surface area contributed by atoms with Gasteiger partial charge in [0.15, 0.2) is 10.1 Å². The van der Waals surface area contributed by atoms with Gasteiger partial charge in [-0.2, -0.15) is 4.37 Å². The summed E-state index contributed by atoms with van der Waals surface area (Å²) in [6.07, 6.45) is 1.42. The van der Waals surface area contributed by atoms with Crippen LogP contribution in [0.3, 0.4) is 0 Å². The number of nitrogens with zero attached hydrogens (tertiary/aromatic N) is 3. The van der Waals surface area contributed by atoms with Crippen LogP contribution in [0.2, 0.25) is 0 Å². The lowest BCUT2D eigenvalue weighted by molar-refractivity contribution is -0.385. The summed E-state index contributed by atoms with van der Waals surface area (Å²) in [6, 6.07) is 4.50. The first kappa shape index (κ1) is 12.7. The Morgan fingerprint density at radius 3 is 2.83 bits per heavy atom. The van der Waals surface area contributed by atoms with Gasteiger partial charge in [0, 0.05) is 11.0 Å². The highest BCUT2D eigenvalue weighted by Crippen LogP contribution is 2.32. The van der Waals surface area contributed by atoms with E-state index >= 15 is 0 Å². The van der Waals surface area contributed by atoms with Crippen molar-refractivity contribution in [3.63, 3.8) is 0 Å². The molecule has 0 aliphatic heterocycles. The number of aromatic nitrogens is 2. The maximum atomic E-state index is 11.3. The van der Waals surface area contributed by atoms with Crippen LogP contribution in [0.5, 0.6) is 0 Å². The van der Waals surface area contributed by atoms with E-state index < -0.39 is 4.92 Å². The number of ketones is 1. The van der Waals surface area contributed by atoms with Crippen molar-refractivity contribution in [3.8, 4) is 0 Å². The SMILES string of the molecule is CC(=O)c1ccc(Sc2ncns2)cc1[N+](=O)[O-]. The zero-order valence-electron chi connectivity index (χ0n) is 9.19. The Balaban J connectivity index is 2.37. The minimum atomic E-state index is -0.555. The lowest BCUT2D eigenvalue weighted by atomic mass is 10.1. The number of rotatable bonds is 4. The first-order valence-corrected chi connectivity index (χ1v) is 6.41. The van der Waals surface area contributed by atoms with Gasteiger partial charge in [-0.25, -0.2) is 4.98 Å². The lowest BCUT2D eigenvalue weighted by Crippen LogP contribution is -1.99. The predicted molar refractivity (Wildman–Crippen MR) is 67.1 cm³/mol. The number of hydrogen-bond donors (Lipinski definition) is 0. The number of nitro groups is 1. The van der Waals surface area contributed by atoms with Gasteiger partial charge in [-0.3, -0.25) is 14.9 Å². The van der Waals surface area contributed by atoms with Gasteiger partial charge in [0.1, 0.15) is 6.33 Å². The molecule has 0 fully saturated rings. The molecule has 0 saturated heterocycles. The highest BCUT2D eigenvalue weighted by molar-refractivity contribution is 8.01. The number of Topliss-reactive ketones (excluding diaryl/α,β-unsaturated/α-hetero) is 1. The first-order chi connectivity index (χ1) is 8.58. The van der Waals surface area contributed by atoms with Gasteiger partial charge in [0.05, 0.1) is 10.5 Å². The van der Waals surface area contributed by atoms with Gasteiger partial charge in [-0.15, -0.1) is 0 Å². The molecule has 0 aliphatic carbocycles. The molecule has 1 aromatic carbocycles. The third kappa shape index (κ3) is 2.71. The molecule has 6 nitrogen and oxygen atoms in total. The van der Waals surface area contributed by atoms with E-state index in [0.29, 0.717) is 9.24 Å². The van der Waals surface area contributed by atoms with Crippen molar-refractivity contribution in [2.45, 2.75) is 16.2 Å². The Bertz CT molecular complexity index is 598. The summed E-state index contributed by atoms with van der Waals surface area (Å²) < 4.78 is 4.54. The molecule has 1 heterocycles. The van der Waals surface area contributed by atoms with E-state index in [-0.39, 0.29) is 17.0 Å². The highest BCUT2D eigenvalue weighted by atomic mass is 32.2. The van der Waals surface area contributed by atoms with Crippen LogP contribution in [-0.2, 0) is 0 Å². The number of nitro benzene ring substituents is 1. The summed E-state index contributed by atoms with van der Waals surface area (Å²) >= 11 is 2.48. The maximum Gasteiger partial charge on any atom is 0.281 e. The molecule has 2 rings (SSSR count). The van der Waals surface area contributed by atoms with Crippen LogP contribution in [0.15, 0.2) is 33.8 Å². The molecule has 0 atom stereocenters. The largest absolute Gasteiger partial charge is 0.294 e. The molecule has 0 amide bonds. The standard InChI is InChI=1S/C10H7N3O3S2/c1-6(14)8-3-2-7(4-9(8)13(15)16)17-10-11-5-12-18-10/h2-5H,1H3. The third-order valence-corrected chi connectivity index (χ3v) is 3.80. The van der Waals surface area contributed by atoms with E-state index in [2.05, 4.69) is 9.36 Å². The molecule has 0 spiro atoms. The Morgan fingerprint density at radius 1 is 1.50 bits per heavy atom. The summed E-state index contributed by atoms with van der Waals surface area (Å²) in [4.78, 5) is 26.2. The zero-order chi connectivity index (χ0) is 13.1. The van der Waals surface area contributed by atoms with Crippen LogP contribution in [0.4, 0.5) is 5.69 Å². The number of carbonyl (C=O) groups is 1. The summed E-state index contributed by atoms with van der Waals surface area (Å²) in [6.45, 7) is 1.31. The predicted octanol–water partition coefficient (Wildman–Crippen LogP) is 2.80. The molecule has 0 saturated carbocycles. The molecule has 8 heteroatoms. The zero-order valence-corrected chi connectivity index (χ0v) is 10.8. The fraction of sp³-hybridized carbons (Fsp3) is 0.100. The Morgan fingerprint density at radius 2 is 2.28 bits per heavy atom. The van der Waals surface area contributed by atoms with Crippen molar-refractivity contribution in [2.24, 2.45) is 0 Å². The van der Waals surface area contributed by atoms with Gasteiger partial charge in [-0.05, 0) is 30.6 Å². The normalized spacial score (nSPS) is 10.3. The Kier molecular flexibility index (Phi) is 3.68. The molecule has 1 aromatic heterocycles. The Labute approximate surface area is 110 Å². The van der Waals surface area contributed by atoms with Crippen molar-refractivity contribution >= 4 is 34.8 Å². The van der Waals surface area contributed by atoms with Gasteiger partial charge in [0.25, 0.3) is 5.69 Å². The van der Waals surface area contributed by atoms with E-state index in [1.807, 2.05) is 0 Å². The average Bonchev–Trinajstić information content (AvgIpc) is 2.81. The third-order valence-electron chi connectivity index (χ3n) is 2.09. The van der Waals surface area contributed by atoms with E-state index in [9.17, 15) is 14.9 Å². The van der Waals surface area contributed by atoms with Crippen molar-refractivity contribution in [1.29, 1.82) is 0 Å². The molecular weight excluding hydrogens is 274 g/mol. The van der Waals surface area contributed by atoms with E-state index in [4.69, 9.17) is 0 Å². The van der Waals surface area contributed by atoms with Gasteiger partial charge >= 0.3 is 0 Å². The van der Waals surface area contributed by atoms with Crippen LogP contribution < -0.4 is 0 Å². The lowest BCUT2D eigenvalue weighted by Gasteiger charge is -2.01. The fourth-order valence-electron chi connectivity index (χ4n) is 1.33. The summed E-state index contributed by atoms with van der Waals surface area (Å²) in [5.41, 5.74) is -0.0707. The second-order valence-electron chi connectivity index (χ2n) is 3.30. The van der Waals surface area contributed by atoms with Gasteiger partial charge in [-0.1, -0.05) is 11.8 Å².